The van der Waals surface area contributed by atoms with Gasteiger partial charge >= 0.3 is 0 Å². The van der Waals surface area contributed by atoms with Crippen LogP contribution in [0.4, 0.5) is 5.69 Å². The fourth-order valence-electron chi connectivity index (χ4n) is 5.05. The molecule has 2 amide bonds. The third-order valence-corrected chi connectivity index (χ3v) is 7.24. The van der Waals surface area contributed by atoms with Crippen molar-refractivity contribution < 1.29 is 14.4 Å². The molecule has 2 aromatic carbocycles. The van der Waals surface area contributed by atoms with Crippen molar-refractivity contribution in [1.82, 2.24) is 10.2 Å². The Hall–Kier alpha value is -2.99. The van der Waals surface area contributed by atoms with Gasteiger partial charge < -0.3 is 10.6 Å². The first kappa shape index (κ1) is 24.1. The quantitative estimate of drug-likeness (QED) is 0.599. The van der Waals surface area contributed by atoms with E-state index < -0.39 is 0 Å². The van der Waals surface area contributed by atoms with Gasteiger partial charge in [0, 0.05) is 36.2 Å². The van der Waals surface area contributed by atoms with Gasteiger partial charge in [0.15, 0.2) is 5.78 Å². The van der Waals surface area contributed by atoms with Crippen molar-refractivity contribution in [1.29, 1.82) is 0 Å². The average molecular weight is 462 g/mol. The molecule has 1 heterocycles. The van der Waals surface area contributed by atoms with Crippen LogP contribution >= 0.6 is 0 Å². The number of likely N-dealkylation sites (tertiary alicyclic amines) is 1. The number of nitrogens with zero attached hydrogens (tertiary/aromatic N) is 1. The number of piperidine rings is 1. The Balaban J connectivity index is 1.31. The molecule has 1 saturated heterocycles. The Kier molecular flexibility index (Phi) is 8.12. The number of nitrogens with one attached hydrogen (secondary N) is 2. The van der Waals surface area contributed by atoms with Crippen LogP contribution in [0.1, 0.15) is 67.8 Å². The van der Waals surface area contributed by atoms with Gasteiger partial charge in [-0.05, 0) is 44.7 Å². The molecule has 1 aliphatic carbocycles. The van der Waals surface area contributed by atoms with E-state index in [9.17, 15) is 14.4 Å². The lowest BCUT2D eigenvalue weighted by Gasteiger charge is -2.36. The van der Waals surface area contributed by atoms with Crippen LogP contribution < -0.4 is 10.6 Å². The number of hydrogen-bond acceptors (Lipinski definition) is 4. The summed E-state index contributed by atoms with van der Waals surface area (Å²) in [5.74, 6) is 0.149. The molecule has 0 spiro atoms. The third kappa shape index (κ3) is 5.92. The molecular weight excluding hydrogens is 426 g/mol. The summed E-state index contributed by atoms with van der Waals surface area (Å²) in [6.45, 7) is 3.42. The van der Waals surface area contributed by atoms with E-state index in [4.69, 9.17) is 0 Å². The summed E-state index contributed by atoms with van der Waals surface area (Å²) in [5.41, 5.74) is 1.61. The molecule has 6 nitrogen and oxygen atoms in total. The maximum atomic E-state index is 13.1. The molecular formula is C28H35N3O3. The van der Waals surface area contributed by atoms with Crippen LogP contribution in [0.5, 0.6) is 0 Å². The van der Waals surface area contributed by atoms with Gasteiger partial charge in [-0.3, -0.25) is 19.3 Å². The smallest absolute Gasteiger partial charge is 0.241 e. The van der Waals surface area contributed by atoms with E-state index >= 15 is 0 Å². The summed E-state index contributed by atoms with van der Waals surface area (Å²) in [6, 6.07) is 16.1. The number of amides is 2. The minimum atomic E-state index is -0.324. The second kappa shape index (κ2) is 11.4. The van der Waals surface area contributed by atoms with Gasteiger partial charge in [-0.25, -0.2) is 0 Å². The number of ketones is 1. The van der Waals surface area contributed by atoms with E-state index in [0.29, 0.717) is 16.8 Å². The molecule has 180 valence electrons. The van der Waals surface area contributed by atoms with E-state index in [2.05, 4.69) is 15.5 Å². The summed E-state index contributed by atoms with van der Waals surface area (Å²) < 4.78 is 0. The zero-order valence-corrected chi connectivity index (χ0v) is 20.0. The number of hydrogen-bond donors (Lipinski definition) is 2. The second-order valence-electron chi connectivity index (χ2n) is 9.56. The fraction of sp³-hybridized carbons (Fsp3) is 0.464. The van der Waals surface area contributed by atoms with Crippen molar-refractivity contribution in [2.24, 2.45) is 5.92 Å². The lowest BCUT2D eigenvalue weighted by Crippen LogP contribution is -2.51. The molecule has 4 rings (SSSR count). The van der Waals surface area contributed by atoms with E-state index in [1.165, 1.54) is 6.42 Å². The molecule has 6 heteroatoms. The van der Waals surface area contributed by atoms with Crippen molar-refractivity contribution in [3.63, 3.8) is 0 Å². The average Bonchev–Trinajstić information content (AvgIpc) is 2.89. The standard InChI is InChI=1S/C28H35N3O3/c1-20(31-18-16-23(17-19-31)29-28(34)22-12-6-3-7-13-22)27(33)30-25-15-9-8-14-24(25)26(32)21-10-4-2-5-11-21/h2,4-5,8-11,14-15,20,22-23H,3,6-7,12-13,16-19H2,1H3,(H,29,34)(H,30,33). The highest BCUT2D eigenvalue weighted by molar-refractivity contribution is 6.14. The highest BCUT2D eigenvalue weighted by Crippen LogP contribution is 2.25. The highest BCUT2D eigenvalue weighted by Gasteiger charge is 2.29. The van der Waals surface area contributed by atoms with Gasteiger partial charge in [0.1, 0.15) is 0 Å². The Morgan fingerprint density at radius 3 is 2.21 bits per heavy atom. The number of anilines is 1. The van der Waals surface area contributed by atoms with Gasteiger partial charge in [-0.1, -0.05) is 61.7 Å². The Labute approximate surface area is 202 Å². The Morgan fingerprint density at radius 2 is 1.50 bits per heavy atom. The molecule has 2 aliphatic rings. The number of benzene rings is 2. The SMILES string of the molecule is CC(C(=O)Nc1ccccc1C(=O)c1ccccc1)N1CCC(NC(=O)C2CCCCC2)CC1. The van der Waals surface area contributed by atoms with Gasteiger partial charge in [-0.15, -0.1) is 0 Å². The van der Waals surface area contributed by atoms with Crippen LogP contribution in [0.15, 0.2) is 54.6 Å². The van der Waals surface area contributed by atoms with Crippen LogP contribution in [0.25, 0.3) is 0 Å². The largest absolute Gasteiger partial charge is 0.353 e. The van der Waals surface area contributed by atoms with Crippen LogP contribution in [-0.2, 0) is 9.59 Å². The van der Waals surface area contributed by atoms with Gasteiger partial charge in [-0.2, -0.15) is 0 Å². The summed E-state index contributed by atoms with van der Waals surface area (Å²) in [5, 5.41) is 6.22. The number of para-hydroxylation sites is 1. The van der Waals surface area contributed by atoms with E-state index in [-0.39, 0.29) is 35.6 Å². The zero-order valence-electron chi connectivity index (χ0n) is 20.0. The monoisotopic (exact) mass is 461 g/mol. The van der Waals surface area contributed by atoms with Crippen LogP contribution in [0, 0.1) is 5.92 Å². The third-order valence-electron chi connectivity index (χ3n) is 7.24. The fourth-order valence-corrected chi connectivity index (χ4v) is 5.05. The molecule has 1 unspecified atom stereocenters. The summed E-state index contributed by atoms with van der Waals surface area (Å²) in [7, 11) is 0. The predicted octanol–water partition coefficient (Wildman–Crippen LogP) is 4.41. The Bertz CT molecular complexity index is 993. The second-order valence-corrected chi connectivity index (χ2v) is 9.56. The molecule has 0 bridgehead atoms. The lowest BCUT2D eigenvalue weighted by molar-refractivity contribution is -0.127. The normalized spacial score (nSPS) is 18.7. The number of rotatable bonds is 7. The number of carbonyl (C=O) groups is 3. The molecule has 2 fully saturated rings. The predicted molar refractivity (Wildman–Crippen MR) is 134 cm³/mol. The highest BCUT2D eigenvalue weighted by atomic mass is 16.2. The van der Waals surface area contributed by atoms with Crippen molar-refractivity contribution in [2.75, 3.05) is 18.4 Å². The summed E-state index contributed by atoms with van der Waals surface area (Å²) in [4.78, 5) is 40.7. The van der Waals surface area contributed by atoms with Crippen LogP contribution in [0.3, 0.4) is 0 Å². The summed E-state index contributed by atoms with van der Waals surface area (Å²) >= 11 is 0. The Morgan fingerprint density at radius 1 is 0.853 bits per heavy atom. The first-order valence-corrected chi connectivity index (χ1v) is 12.6. The van der Waals surface area contributed by atoms with E-state index in [0.717, 1.165) is 51.6 Å². The van der Waals surface area contributed by atoms with Crippen molar-refractivity contribution in [3.05, 3.63) is 65.7 Å². The maximum absolute atomic E-state index is 13.1. The van der Waals surface area contributed by atoms with Crippen molar-refractivity contribution in [3.8, 4) is 0 Å². The maximum Gasteiger partial charge on any atom is 0.241 e. The molecule has 34 heavy (non-hydrogen) atoms. The van der Waals surface area contributed by atoms with Gasteiger partial charge in [0.05, 0.1) is 11.7 Å². The lowest BCUT2D eigenvalue weighted by atomic mass is 9.88. The molecule has 1 saturated carbocycles. The molecule has 2 aromatic rings. The van der Waals surface area contributed by atoms with Gasteiger partial charge in [0.25, 0.3) is 0 Å². The summed E-state index contributed by atoms with van der Waals surface area (Å²) in [6.07, 6.45) is 7.27. The molecule has 0 aromatic heterocycles. The number of carbonyl (C=O) groups excluding carboxylic acids is 3. The van der Waals surface area contributed by atoms with E-state index in [1.807, 2.05) is 37.3 Å². The zero-order chi connectivity index (χ0) is 23.9. The van der Waals surface area contributed by atoms with Crippen LogP contribution in [-0.4, -0.2) is 47.7 Å². The molecule has 2 N–H and O–H groups in total. The van der Waals surface area contributed by atoms with Crippen molar-refractivity contribution >= 4 is 23.3 Å². The minimum Gasteiger partial charge on any atom is -0.353 e. The van der Waals surface area contributed by atoms with Crippen molar-refractivity contribution in [2.45, 2.75) is 64.0 Å². The topological polar surface area (TPSA) is 78.5 Å². The first-order chi connectivity index (χ1) is 16.5. The first-order valence-electron chi connectivity index (χ1n) is 12.6. The molecule has 1 atom stereocenters. The molecule has 0 radical (unpaired) electrons. The van der Waals surface area contributed by atoms with E-state index in [1.54, 1.807) is 24.3 Å². The molecule has 1 aliphatic heterocycles. The minimum absolute atomic E-state index is 0.112. The van der Waals surface area contributed by atoms with Gasteiger partial charge in [0.2, 0.25) is 11.8 Å². The van der Waals surface area contributed by atoms with Crippen LogP contribution in [0.2, 0.25) is 0 Å².